The van der Waals surface area contributed by atoms with Crippen molar-refractivity contribution in [2.45, 2.75) is 10.9 Å². The van der Waals surface area contributed by atoms with Gasteiger partial charge in [0.2, 0.25) is 0 Å². The van der Waals surface area contributed by atoms with Crippen LogP contribution < -0.4 is 5.73 Å². The highest BCUT2D eigenvalue weighted by Crippen LogP contribution is 2.26. The SMILES string of the molecule is CS(=O)(=O)c1ccc([C@@H](N)CO)c([N+](=O)[O-])c1. The first kappa shape index (κ1) is 13.6. The van der Waals surface area contributed by atoms with E-state index in [9.17, 15) is 18.5 Å². The molecule has 0 bridgehead atoms. The Balaban J connectivity index is 3.43. The zero-order valence-corrected chi connectivity index (χ0v) is 9.85. The number of nitrogens with zero attached hydrogens (tertiary/aromatic N) is 1. The maximum absolute atomic E-state index is 11.3. The van der Waals surface area contributed by atoms with Gasteiger partial charge >= 0.3 is 0 Å². The van der Waals surface area contributed by atoms with E-state index in [1.807, 2.05) is 0 Å². The van der Waals surface area contributed by atoms with Gasteiger partial charge in [-0.15, -0.1) is 0 Å². The van der Waals surface area contributed by atoms with Gasteiger partial charge in [0.25, 0.3) is 5.69 Å². The molecule has 7 nitrogen and oxygen atoms in total. The van der Waals surface area contributed by atoms with Gasteiger partial charge in [-0.2, -0.15) is 0 Å². The van der Waals surface area contributed by atoms with E-state index in [0.717, 1.165) is 12.3 Å². The van der Waals surface area contributed by atoms with Gasteiger partial charge in [-0.1, -0.05) is 0 Å². The summed E-state index contributed by atoms with van der Waals surface area (Å²) in [7, 11) is -3.52. The number of aliphatic hydroxyl groups excluding tert-OH is 1. The second kappa shape index (κ2) is 4.78. The van der Waals surface area contributed by atoms with Crippen molar-refractivity contribution in [2.24, 2.45) is 5.73 Å². The molecule has 17 heavy (non-hydrogen) atoms. The molecule has 0 amide bonds. The third-order valence-corrected chi connectivity index (χ3v) is 3.33. The average molecular weight is 260 g/mol. The van der Waals surface area contributed by atoms with E-state index in [1.165, 1.54) is 12.1 Å². The van der Waals surface area contributed by atoms with E-state index >= 15 is 0 Å². The predicted octanol–water partition coefficient (Wildman–Crippen LogP) is -0.00960. The number of hydrogen-bond donors (Lipinski definition) is 2. The van der Waals surface area contributed by atoms with Crippen LogP contribution >= 0.6 is 0 Å². The lowest BCUT2D eigenvalue weighted by molar-refractivity contribution is -0.386. The minimum atomic E-state index is -3.52. The summed E-state index contributed by atoms with van der Waals surface area (Å²) in [5.41, 5.74) is 5.18. The van der Waals surface area contributed by atoms with Crippen LogP contribution in [0.2, 0.25) is 0 Å². The molecule has 0 heterocycles. The molecule has 0 spiro atoms. The Labute approximate surface area is 97.9 Å². The number of nitro groups is 1. The van der Waals surface area contributed by atoms with E-state index in [0.29, 0.717) is 0 Å². The molecular formula is C9H12N2O5S. The molecule has 0 aromatic heterocycles. The molecule has 1 aromatic rings. The number of aliphatic hydroxyl groups is 1. The van der Waals surface area contributed by atoms with Crippen molar-refractivity contribution in [3.8, 4) is 0 Å². The van der Waals surface area contributed by atoms with Crippen molar-refractivity contribution in [1.82, 2.24) is 0 Å². The van der Waals surface area contributed by atoms with Gasteiger partial charge in [0.05, 0.1) is 22.5 Å². The maximum atomic E-state index is 11.3. The number of nitrogens with two attached hydrogens (primary N) is 1. The van der Waals surface area contributed by atoms with Gasteiger partial charge in [-0.3, -0.25) is 10.1 Å². The van der Waals surface area contributed by atoms with Crippen molar-refractivity contribution in [3.63, 3.8) is 0 Å². The molecule has 0 fully saturated rings. The molecule has 3 N–H and O–H groups in total. The Morgan fingerprint density at radius 3 is 2.53 bits per heavy atom. The van der Waals surface area contributed by atoms with Crippen LogP contribution in [-0.4, -0.2) is 31.3 Å². The van der Waals surface area contributed by atoms with E-state index in [-0.39, 0.29) is 10.5 Å². The van der Waals surface area contributed by atoms with Gasteiger partial charge in [0.15, 0.2) is 9.84 Å². The molecule has 0 aliphatic carbocycles. The number of sulfone groups is 1. The quantitative estimate of drug-likeness (QED) is 0.579. The largest absolute Gasteiger partial charge is 0.394 e. The first-order chi connectivity index (χ1) is 7.77. The maximum Gasteiger partial charge on any atom is 0.275 e. The van der Waals surface area contributed by atoms with Gasteiger partial charge in [-0.25, -0.2) is 8.42 Å². The fourth-order valence-electron chi connectivity index (χ4n) is 1.32. The lowest BCUT2D eigenvalue weighted by Crippen LogP contribution is -2.16. The minimum absolute atomic E-state index is 0.102. The number of benzene rings is 1. The Hall–Kier alpha value is -1.51. The molecule has 0 saturated heterocycles. The molecule has 0 aliphatic rings. The van der Waals surface area contributed by atoms with Crippen LogP contribution in [0.25, 0.3) is 0 Å². The summed E-state index contributed by atoms with van der Waals surface area (Å²) in [6.07, 6.45) is 0.956. The van der Waals surface area contributed by atoms with Crippen LogP contribution in [0.1, 0.15) is 11.6 Å². The second-order valence-corrected chi connectivity index (χ2v) is 5.55. The van der Waals surface area contributed by atoms with Crippen molar-refractivity contribution in [2.75, 3.05) is 12.9 Å². The molecule has 1 atom stereocenters. The fraction of sp³-hybridized carbons (Fsp3) is 0.333. The molecule has 1 rings (SSSR count). The first-order valence-electron chi connectivity index (χ1n) is 4.62. The normalized spacial score (nSPS) is 13.4. The Morgan fingerprint density at radius 2 is 2.12 bits per heavy atom. The molecule has 8 heteroatoms. The highest BCUT2D eigenvalue weighted by molar-refractivity contribution is 7.90. The third-order valence-electron chi connectivity index (χ3n) is 2.22. The average Bonchev–Trinajstić information content (AvgIpc) is 2.25. The molecule has 0 saturated carbocycles. The van der Waals surface area contributed by atoms with E-state index in [2.05, 4.69) is 0 Å². The highest BCUT2D eigenvalue weighted by Gasteiger charge is 2.21. The molecule has 0 aliphatic heterocycles. The van der Waals surface area contributed by atoms with Crippen molar-refractivity contribution in [3.05, 3.63) is 33.9 Å². The topological polar surface area (TPSA) is 124 Å². The summed E-state index contributed by atoms with van der Waals surface area (Å²) in [6, 6.07) is 2.51. The summed E-state index contributed by atoms with van der Waals surface area (Å²) >= 11 is 0. The van der Waals surface area contributed by atoms with Crippen molar-refractivity contribution in [1.29, 1.82) is 0 Å². The van der Waals surface area contributed by atoms with Crippen LogP contribution in [-0.2, 0) is 9.84 Å². The number of nitro benzene ring substituents is 1. The molecule has 1 aromatic carbocycles. The lowest BCUT2D eigenvalue weighted by atomic mass is 10.1. The third kappa shape index (κ3) is 2.99. The smallest absolute Gasteiger partial charge is 0.275 e. The van der Waals surface area contributed by atoms with Crippen LogP contribution in [0, 0.1) is 10.1 Å². The standard InChI is InChI=1S/C9H12N2O5S/c1-17(15,16)6-2-3-7(8(10)5-12)9(4-6)11(13)14/h2-4,8,12H,5,10H2,1H3/t8-/m0/s1. The van der Waals surface area contributed by atoms with Crippen LogP contribution in [0.15, 0.2) is 23.1 Å². The number of rotatable bonds is 4. The first-order valence-corrected chi connectivity index (χ1v) is 6.51. The summed E-state index contributed by atoms with van der Waals surface area (Å²) in [5, 5.41) is 19.7. The predicted molar refractivity (Wildman–Crippen MR) is 60.2 cm³/mol. The summed E-state index contributed by atoms with van der Waals surface area (Å²) in [5.74, 6) is 0. The molecule has 94 valence electrons. The van der Waals surface area contributed by atoms with Crippen molar-refractivity contribution < 1.29 is 18.4 Å². The van der Waals surface area contributed by atoms with Crippen molar-refractivity contribution >= 4 is 15.5 Å². The molecular weight excluding hydrogens is 248 g/mol. The van der Waals surface area contributed by atoms with E-state index < -0.39 is 33.1 Å². The van der Waals surface area contributed by atoms with Gasteiger partial charge < -0.3 is 10.8 Å². The van der Waals surface area contributed by atoms with E-state index in [1.54, 1.807) is 0 Å². The highest BCUT2D eigenvalue weighted by atomic mass is 32.2. The Kier molecular flexibility index (Phi) is 3.81. The van der Waals surface area contributed by atoms with Gasteiger partial charge in [0, 0.05) is 17.9 Å². The zero-order valence-electron chi connectivity index (χ0n) is 9.03. The van der Waals surface area contributed by atoms with E-state index in [4.69, 9.17) is 10.8 Å². The fourth-order valence-corrected chi connectivity index (χ4v) is 1.97. The second-order valence-electron chi connectivity index (χ2n) is 3.54. The number of hydrogen-bond acceptors (Lipinski definition) is 6. The zero-order chi connectivity index (χ0) is 13.2. The lowest BCUT2D eigenvalue weighted by Gasteiger charge is -2.09. The van der Waals surface area contributed by atoms with Gasteiger partial charge in [0.1, 0.15) is 0 Å². The summed E-state index contributed by atoms with van der Waals surface area (Å²) in [4.78, 5) is 9.92. The Bertz CT molecular complexity index is 540. The van der Waals surface area contributed by atoms with Gasteiger partial charge in [-0.05, 0) is 12.1 Å². The summed E-state index contributed by atoms with van der Waals surface area (Å²) < 4.78 is 22.5. The summed E-state index contributed by atoms with van der Waals surface area (Å²) in [6.45, 7) is -0.459. The minimum Gasteiger partial charge on any atom is -0.394 e. The Morgan fingerprint density at radius 1 is 1.53 bits per heavy atom. The van der Waals surface area contributed by atoms with Crippen LogP contribution in [0.5, 0.6) is 0 Å². The monoisotopic (exact) mass is 260 g/mol. The molecule has 0 radical (unpaired) electrons. The molecule has 0 unspecified atom stereocenters. The van der Waals surface area contributed by atoms with Crippen LogP contribution in [0.3, 0.4) is 0 Å². The van der Waals surface area contributed by atoms with Crippen LogP contribution in [0.4, 0.5) is 5.69 Å².